The van der Waals surface area contributed by atoms with Crippen molar-refractivity contribution in [3.8, 4) is 28.1 Å². The van der Waals surface area contributed by atoms with Crippen molar-refractivity contribution < 1.29 is 5.11 Å². The maximum absolute atomic E-state index is 9.31. The third-order valence-corrected chi connectivity index (χ3v) is 3.50. The maximum Gasteiger partial charge on any atom is 0.191 e. The average Bonchev–Trinajstić information content (AvgIpc) is 3.07. The Kier molecular flexibility index (Phi) is 2.74. The van der Waals surface area contributed by atoms with E-state index in [4.69, 9.17) is 5.26 Å². The van der Waals surface area contributed by atoms with Gasteiger partial charge in [-0.15, -0.1) is 16.4 Å². The molecular formula is C13H8N4OS. The summed E-state index contributed by atoms with van der Waals surface area (Å²) in [6.07, 6.45) is 0. The number of nitrogens with zero attached hydrogens (tertiary/aromatic N) is 4. The van der Waals surface area contributed by atoms with E-state index >= 15 is 0 Å². The molecule has 0 unspecified atom stereocenters. The topological polar surface area (TPSA) is 74.7 Å². The molecule has 0 aliphatic rings. The fourth-order valence-electron chi connectivity index (χ4n) is 1.77. The second-order valence-electron chi connectivity index (χ2n) is 3.80. The minimum absolute atomic E-state index is 0.182. The molecule has 0 aliphatic heterocycles. The standard InChI is InChI=1S/C13H8N4OS/c14-8-11-13(12-2-1-7-19-12)17(16-15-11)9-3-5-10(18)6-4-9/h1-7,18H. The Morgan fingerprint density at radius 2 is 2.00 bits per heavy atom. The lowest BCUT2D eigenvalue weighted by molar-refractivity contribution is 0.475. The van der Waals surface area contributed by atoms with Gasteiger partial charge in [-0.05, 0) is 35.7 Å². The molecule has 92 valence electrons. The number of hydrogen-bond acceptors (Lipinski definition) is 5. The normalized spacial score (nSPS) is 10.3. The highest BCUT2D eigenvalue weighted by Crippen LogP contribution is 2.29. The van der Waals surface area contributed by atoms with E-state index < -0.39 is 0 Å². The number of aromatic nitrogens is 3. The predicted octanol–water partition coefficient (Wildman–Crippen LogP) is 2.57. The number of phenols is 1. The predicted molar refractivity (Wildman–Crippen MR) is 71.1 cm³/mol. The van der Waals surface area contributed by atoms with E-state index in [0.717, 1.165) is 10.6 Å². The lowest BCUT2D eigenvalue weighted by Gasteiger charge is -2.04. The largest absolute Gasteiger partial charge is 0.508 e. The Morgan fingerprint density at radius 1 is 1.21 bits per heavy atom. The number of aromatic hydroxyl groups is 1. The SMILES string of the molecule is N#Cc1nnn(-c2ccc(O)cc2)c1-c1cccs1. The van der Waals surface area contributed by atoms with E-state index in [9.17, 15) is 5.11 Å². The molecule has 0 radical (unpaired) electrons. The first kappa shape index (κ1) is 11.4. The first-order valence-corrected chi connectivity index (χ1v) is 6.36. The van der Waals surface area contributed by atoms with E-state index in [1.807, 2.05) is 23.6 Å². The van der Waals surface area contributed by atoms with E-state index in [-0.39, 0.29) is 11.4 Å². The zero-order valence-electron chi connectivity index (χ0n) is 9.69. The van der Waals surface area contributed by atoms with Crippen LogP contribution in [0.1, 0.15) is 5.69 Å². The van der Waals surface area contributed by atoms with Gasteiger partial charge in [0, 0.05) is 0 Å². The Balaban J connectivity index is 2.20. The summed E-state index contributed by atoms with van der Waals surface area (Å²) in [6, 6.07) is 12.5. The molecule has 1 N–H and O–H groups in total. The molecule has 0 saturated heterocycles. The summed E-state index contributed by atoms with van der Waals surface area (Å²) in [5.41, 5.74) is 1.70. The van der Waals surface area contributed by atoms with Gasteiger partial charge in [-0.25, -0.2) is 4.68 Å². The van der Waals surface area contributed by atoms with Crippen molar-refractivity contribution in [2.24, 2.45) is 0 Å². The van der Waals surface area contributed by atoms with E-state index in [2.05, 4.69) is 10.3 Å². The van der Waals surface area contributed by atoms with Crippen LogP contribution >= 0.6 is 11.3 Å². The van der Waals surface area contributed by atoms with Crippen LogP contribution in [0, 0.1) is 11.3 Å². The molecule has 0 bridgehead atoms. The number of phenolic OH excluding ortho intramolecular Hbond substituents is 1. The van der Waals surface area contributed by atoms with Crippen LogP contribution in [0.25, 0.3) is 16.3 Å². The molecule has 2 aromatic heterocycles. The number of rotatable bonds is 2. The molecule has 2 heterocycles. The molecule has 0 atom stereocenters. The van der Waals surface area contributed by atoms with Crippen LogP contribution in [0.15, 0.2) is 41.8 Å². The zero-order valence-corrected chi connectivity index (χ0v) is 10.5. The van der Waals surface area contributed by atoms with Gasteiger partial charge in [0.15, 0.2) is 5.69 Å². The summed E-state index contributed by atoms with van der Waals surface area (Å²) in [5.74, 6) is 0.182. The van der Waals surface area contributed by atoms with E-state index in [1.165, 1.54) is 11.3 Å². The van der Waals surface area contributed by atoms with Crippen LogP contribution < -0.4 is 0 Å². The number of nitriles is 1. The van der Waals surface area contributed by atoms with Crippen molar-refractivity contribution in [3.05, 3.63) is 47.5 Å². The summed E-state index contributed by atoms with van der Waals surface area (Å²) in [4.78, 5) is 0.926. The van der Waals surface area contributed by atoms with Crippen LogP contribution in [0.3, 0.4) is 0 Å². The Hall–Kier alpha value is -2.65. The molecular weight excluding hydrogens is 260 g/mol. The fourth-order valence-corrected chi connectivity index (χ4v) is 2.52. The lowest BCUT2D eigenvalue weighted by Crippen LogP contribution is -1.98. The van der Waals surface area contributed by atoms with Gasteiger partial charge in [-0.1, -0.05) is 11.3 Å². The molecule has 0 spiro atoms. The number of hydrogen-bond donors (Lipinski definition) is 1. The Labute approximate surface area is 113 Å². The van der Waals surface area contributed by atoms with Crippen LogP contribution in [0.5, 0.6) is 5.75 Å². The van der Waals surface area contributed by atoms with E-state index in [0.29, 0.717) is 5.69 Å². The van der Waals surface area contributed by atoms with Gasteiger partial charge in [0.25, 0.3) is 0 Å². The van der Waals surface area contributed by atoms with Crippen LogP contribution in [0.4, 0.5) is 0 Å². The molecule has 3 aromatic rings. The van der Waals surface area contributed by atoms with Crippen molar-refractivity contribution in [3.63, 3.8) is 0 Å². The third-order valence-electron chi connectivity index (χ3n) is 2.63. The molecule has 5 nitrogen and oxygen atoms in total. The highest BCUT2D eigenvalue weighted by molar-refractivity contribution is 7.13. The quantitative estimate of drug-likeness (QED) is 0.775. The van der Waals surface area contributed by atoms with Gasteiger partial charge in [-0.2, -0.15) is 5.26 Å². The Morgan fingerprint density at radius 3 is 2.63 bits per heavy atom. The van der Waals surface area contributed by atoms with Crippen LogP contribution in [0.2, 0.25) is 0 Å². The van der Waals surface area contributed by atoms with Gasteiger partial charge in [0.1, 0.15) is 17.5 Å². The smallest absolute Gasteiger partial charge is 0.191 e. The van der Waals surface area contributed by atoms with Gasteiger partial charge in [0.05, 0.1) is 10.6 Å². The highest BCUT2D eigenvalue weighted by Gasteiger charge is 2.16. The van der Waals surface area contributed by atoms with Crippen molar-refractivity contribution in [2.75, 3.05) is 0 Å². The molecule has 19 heavy (non-hydrogen) atoms. The molecule has 6 heteroatoms. The Bertz CT molecular complexity index is 738. The number of benzene rings is 1. The first-order valence-electron chi connectivity index (χ1n) is 5.48. The van der Waals surface area contributed by atoms with Gasteiger partial charge < -0.3 is 5.11 Å². The van der Waals surface area contributed by atoms with Crippen molar-refractivity contribution in [1.29, 1.82) is 5.26 Å². The second-order valence-corrected chi connectivity index (χ2v) is 4.75. The molecule has 0 amide bonds. The summed E-state index contributed by atoms with van der Waals surface area (Å²) < 4.78 is 1.60. The van der Waals surface area contributed by atoms with E-state index in [1.54, 1.807) is 28.9 Å². The molecule has 1 aromatic carbocycles. The lowest BCUT2D eigenvalue weighted by atomic mass is 10.2. The van der Waals surface area contributed by atoms with Crippen molar-refractivity contribution in [2.45, 2.75) is 0 Å². The van der Waals surface area contributed by atoms with Gasteiger partial charge in [0.2, 0.25) is 0 Å². The zero-order chi connectivity index (χ0) is 13.2. The highest BCUT2D eigenvalue weighted by atomic mass is 32.1. The van der Waals surface area contributed by atoms with Crippen molar-refractivity contribution >= 4 is 11.3 Å². The minimum Gasteiger partial charge on any atom is -0.508 e. The maximum atomic E-state index is 9.31. The monoisotopic (exact) mass is 268 g/mol. The first-order chi connectivity index (χ1) is 9.29. The van der Waals surface area contributed by atoms with Gasteiger partial charge >= 0.3 is 0 Å². The van der Waals surface area contributed by atoms with Crippen LogP contribution in [-0.2, 0) is 0 Å². The average molecular weight is 268 g/mol. The number of thiophene rings is 1. The summed E-state index contributed by atoms with van der Waals surface area (Å²) >= 11 is 1.52. The molecule has 3 rings (SSSR count). The van der Waals surface area contributed by atoms with Crippen LogP contribution in [-0.4, -0.2) is 20.1 Å². The molecule has 0 saturated carbocycles. The molecule has 0 aliphatic carbocycles. The summed E-state index contributed by atoms with van der Waals surface area (Å²) in [6.45, 7) is 0. The van der Waals surface area contributed by atoms with Gasteiger partial charge in [-0.3, -0.25) is 0 Å². The minimum atomic E-state index is 0.182. The van der Waals surface area contributed by atoms with Crippen molar-refractivity contribution in [1.82, 2.24) is 15.0 Å². The fraction of sp³-hybridized carbons (Fsp3) is 0. The summed E-state index contributed by atoms with van der Waals surface area (Å²) in [5, 5.41) is 28.3. The third kappa shape index (κ3) is 1.96. The second kappa shape index (κ2) is 4.55. The summed E-state index contributed by atoms with van der Waals surface area (Å²) in [7, 11) is 0. The molecule has 0 fully saturated rings.